The molecule has 0 amide bonds. The Morgan fingerprint density at radius 1 is 1.15 bits per heavy atom. The van der Waals surface area contributed by atoms with Crippen molar-refractivity contribution in [3.8, 4) is 0 Å². The molecular weight excluding hydrogens is 310 g/mol. The van der Waals surface area contributed by atoms with Crippen molar-refractivity contribution in [2.24, 2.45) is 0 Å². The van der Waals surface area contributed by atoms with Gasteiger partial charge in [0.05, 0.1) is 11.1 Å². The number of hydrogen-bond acceptors (Lipinski definition) is 5. The van der Waals surface area contributed by atoms with E-state index in [2.05, 4.69) is 9.97 Å². The summed E-state index contributed by atoms with van der Waals surface area (Å²) in [7, 11) is 0. The molecule has 3 rings (SSSR count). The summed E-state index contributed by atoms with van der Waals surface area (Å²) in [6, 6.07) is 9.83. The summed E-state index contributed by atoms with van der Waals surface area (Å²) in [6.45, 7) is 0. The fourth-order valence-corrected chi connectivity index (χ4v) is 3.81. The Bertz CT molecular complexity index is 742. The van der Waals surface area contributed by atoms with Crippen molar-refractivity contribution in [1.29, 1.82) is 0 Å². The molecule has 2 aromatic heterocycles. The van der Waals surface area contributed by atoms with Crippen molar-refractivity contribution in [3.63, 3.8) is 0 Å². The van der Waals surface area contributed by atoms with E-state index >= 15 is 0 Å². The number of aromatic nitrogens is 2. The lowest BCUT2D eigenvalue weighted by Gasteiger charge is -2.04. The lowest BCUT2D eigenvalue weighted by atomic mass is 10.2. The minimum Gasteiger partial charge on any atom is -0.383 e. The standard InChI is InChI=1S/C14H12ClN3S2/c15-11-4-2-1-3-9(11)7-19-8-12-17-13(16)10-5-6-20-14(10)18-12/h1-6H,7-8H2,(H2,16,17,18). The molecule has 3 nitrogen and oxygen atoms in total. The number of hydrogen-bond donors (Lipinski definition) is 1. The number of halogens is 1. The second kappa shape index (κ2) is 5.99. The van der Waals surface area contributed by atoms with Gasteiger partial charge in [-0.2, -0.15) is 0 Å². The van der Waals surface area contributed by atoms with Crippen LogP contribution < -0.4 is 5.73 Å². The van der Waals surface area contributed by atoms with E-state index < -0.39 is 0 Å². The summed E-state index contributed by atoms with van der Waals surface area (Å²) in [5.41, 5.74) is 7.06. The zero-order chi connectivity index (χ0) is 13.9. The number of nitrogens with zero attached hydrogens (tertiary/aromatic N) is 2. The molecule has 0 bridgehead atoms. The zero-order valence-electron chi connectivity index (χ0n) is 10.5. The van der Waals surface area contributed by atoms with Gasteiger partial charge in [0.2, 0.25) is 0 Å². The predicted molar refractivity (Wildman–Crippen MR) is 88.3 cm³/mol. The first-order chi connectivity index (χ1) is 9.74. The fraction of sp³-hybridized carbons (Fsp3) is 0.143. The summed E-state index contributed by atoms with van der Waals surface area (Å²) < 4.78 is 0. The number of fused-ring (bicyclic) bond motifs is 1. The van der Waals surface area contributed by atoms with E-state index in [4.69, 9.17) is 17.3 Å². The van der Waals surface area contributed by atoms with Gasteiger partial charge in [0, 0.05) is 10.8 Å². The molecule has 0 saturated carbocycles. The second-order valence-electron chi connectivity index (χ2n) is 4.25. The van der Waals surface area contributed by atoms with Crippen molar-refractivity contribution in [2.45, 2.75) is 11.5 Å². The predicted octanol–water partition coefficient (Wildman–Crippen LogP) is 4.36. The largest absolute Gasteiger partial charge is 0.383 e. The highest BCUT2D eigenvalue weighted by atomic mass is 35.5. The van der Waals surface area contributed by atoms with Gasteiger partial charge in [-0.15, -0.1) is 23.1 Å². The van der Waals surface area contributed by atoms with Gasteiger partial charge in [0.25, 0.3) is 0 Å². The van der Waals surface area contributed by atoms with Crippen LogP contribution in [0.2, 0.25) is 5.02 Å². The lowest BCUT2D eigenvalue weighted by Crippen LogP contribution is -1.98. The molecule has 0 aliphatic heterocycles. The Hall–Kier alpha value is -1.30. The average molecular weight is 322 g/mol. The Labute approximate surface area is 130 Å². The van der Waals surface area contributed by atoms with Crippen LogP contribution in [-0.4, -0.2) is 9.97 Å². The van der Waals surface area contributed by atoms with Crippen LogP contribution in [0.3, 0.4) is 0 Å². The van der Waals surface area contributed by atoms with Gasteiger partial charge >= 0.3 is 0 Å². The first-order valence-electron chi connectivity index (χ1n) is 6.05. The van der Waals surface area contributed by atoms with Crippen molar-refractivity contribution >= 4 is 50.7 Å². The summed E-state index contributed by atoms with van der Waals surface area (Å²) in [5, 5.41) is 3.72. The maximum Gasteiger partial charge on any atom is 0.142 e. The number of anilines is 1. The molecule has 0 saturated heterocycles. The minimum atomic E-state index is 0.560. The average Bonchev–Trinajstić information content (AvgIpc) is 2.90. The lowest BCUT2D eigenvalue weighted by molar-refractivity contribution is 1.08. The Morgan fingerprint density at radius 2 is 2.00 bits per heavy atom. The maximum absolute atomic E-state index is 6.13. The van der Waals surface area contributed by atoms with Crippen LogP contribution in [0.1, 0.15) is 11.4 Å². The Kier molecular flexibility index (Phi) is 4.10. The summed E-state index contributed by atoms with van der Waals surface area (Å²) in [6.07, 6.45) is 0. The Morgan fingerprint density at radius 3 is 2.85 bits per heavy atom. The van der Waals surface area contributed by atoms with E-state index in [1.807, 2.05) is 35.7 Å². The fourth-order valence-electron chi connectivity index (χ4n) is 1.86. The van der Waals surface area contributed by atoms with Gasteiger partial charge in [0.1, 0.15) is 16.5 Å². The van der Waals surface area contributed by atoms with Crippen molar-refractivity contribution < 1.29 is 0 Å². The van der Waals surface area contributed by atoms with E-state index in [0.29, 0.717) is 5.82 Å². The number of rotatable bonds is 4. The summed E-state index contributed by atoms with van der Waals surface area (Å²) in [5.74, 6) is 2.90. The third kappa shape index (κ3) is 2.90. The second-order valence-corrected chi connectivity index (χ2v) is 6.54. The molecule has 102 valence electrons. The number of nitrogen functional groups attached to an aromatic ring is 1. The van der Waals surface area contributed by atoms with E-state index in [1.165, 1.54) is 0 Å². The zero-order valence-corrected chi connectivity index (χ0v) is 12.9. The molecule has 6 heteroatoms. The molecule has 0 unspecified atom stereocenters. The molecule has 0 radical (unpaired) electrons. The van der Waals surface area contributed by atoms with Crippen LogP contribution in [0, 0.1) is 0 Å². The quantitative estimate of drug-likeness (QED) is 0.775. The molecule has 2 heterocycles. The van der Waals surface area contributed by atoms with E-state index in [-0.39, 0.29) is 0 Å². The summed E-state index contributed by atoms with van der Waals surface area (Å²) >= 11 is 9.45. The van der Waals surface area contributed by atoms with Gasteiger partial charge in [-0.05, 0) is 23.1 Å². The molecule has 0 aliphatic rings. The monoisotopic (exact) mass is 321 g/mol. The number of benzene rings is 1. The Balaban J connectivity index is 1.69. The number of nitrogens with two attached hydrogens (primary N) is 1. The van der Waals surface area contributed by atoms with E-state index in [1.54, 1.807) is 23.1 Å². The highest BCUT2D eigenvalue weighted by Crippen LogP contribution is 2.26. The van der Waals surface area contributed by atoms with Crippen LogP contribution in [-0.2, 0) is 11.5 Å². The SMILES string of the molecule is Nc1nc(CSCc2ccccc2Cl)nc2sccc12. The third-order valence-corrected chi connectivity index (χ3v) is 5.00. The minimum absolute atomic E-state index is 0.560. The third-order valence-electron chi connectivity index (χ3n) is 2.85. The topological polar surface area (TPSA) is 51.8 Å². The molecular formula is C14H12ClN3S2. The van der Waals surface area contributed by atoms with E-state index in [0.717, 1.165) is 38.1 Å². The maximum atomic E-state index is 6.13. The molecule has 0 spiro atoms. The van der Waals surface area contributed by atoms with Crippen molar-refractivity contribution in [2.75, 3.05) is 5.73 Å². The van der Waals surface area contributed by atoms with Crippen molar-refractivity contribution in [1.82, 2.24) is 9.97 Å². The molecule has 0 fully saturated rings. The number of thiophene rings is 1. The van der Waals surface area contributed by atoms with E-state index in [9.17, 15) is 0 Å². The first kappa shape index (κ1) is 13.7. The van der Waals surface area contributed by atoms with Crippen molar-refractivity contribution in [3.05, 3.63) is 52.1 Å². The smallest absolute Gasteiger partial charge is 0.142 e. The van der Waals surface area contributed by atoms with Gasteiger partial charge in [-0.1, -0.05) is 29.8 Å². The normalized spacial score (nSPS) is 11.1. The molecule has 0 atom stereocenters. The molecule has 0 aliphatic carbocycles. The van der Waals surface area contributed by atoms with Gasteiger partial charge in [-0.25, -0.2) is 9.97 Å². The van der Waals surface area contributed by atoms with Gasteiger partial charge in [-0.3, -0.25) is 0 Å². The molecule has 20 heavy (non-hydrogen) atoms. The molecule has 2 N–H and O–H groups in total. The first-order valence-corrected chi connectivity index (χ1v) is 8.46. The van der Waals surface area contributed by atoms with Crippen LogP contribution >= 0.6 is 34.7 Å². The van der Waals surface area contributed by atoms with Crippen LogP contribution in [0.4, 0.5) is 5.82 Å². The van der Waals surface area contributed by atoms with Crippen LogP contribution in [0.5, 0.6) is 0 Å². The molecule has 3 aromatic rings. The van der Waals surface area contributed by atoms with Crippen LogP contribution in [0.25, 0.3) is 10.2 Å². The van der Waals surface area contributed by atoms with Crippen LogP contribution in [0.15, 0.2) is 35.7 Å². The van der Waals surface area contributed by atoms with Gasteiger partial charge in [0.15, 0.2) is 0 Å². The van der Waals surface area contributed by atoms with Gasteiger partial charge < -0.3 is 5.73 Å². The molecule has 1 aromatic carbocycles. The highest BCUT2D eigenvalue weighted by Gasteiger charge is 2.07. The number of thioether (sulfide) groups is 1. The summed E-state index contributed by atoms with van der Waals surface area (Å²) in [4.78, 5) is 9.82. The highest BCUT2D eigenvalue weighted by molar-refractivity contribution is 7.97.